The maximum atomic E-state index is 12.8. The zero-order valence-corrected chi connectivity index (χ0v) is 11.7. The number of benzene rings is 1. The van der Waals surface area contributed by atoms with Crippen molar-refractivity contribution in [2.45, 2.75) is 32.4 Å². The second kappa shape index (κ2) is 6.08. The van der Waals surface area contributed by atoms with Crippen LogP contribution in [0.25, 0.3) is 0 Å². The van der Waals surface area contributed by atoms with E-state index in [4.69, 9.17) is 5.73 Å². The molecule has 6 heteroatoms. The van der Waals surface area contributed by atoms with Crippen molar-refractivity contribution in [1.29, 1.82) is 0 Å². The largest absolute Gasteiger partial charge is 0.356 e. The summed E-state index contributed by atoms with van der Waals surface area (Å²) in [5, 5.41) is 3.98. The van der Waals surface area contributed by atoms with Crippen LogP contribution in [0.4, 0.5) is 9.52 Å². The number of nitrogens with two attached hydrogens (primary N) is 1. The predicted molar refractivity (Wildman–Crippen MR) is 75.8 cm³/mol. The van der Waals surface area contributed by atoms with Crippen LogP contribution in [0.1, 0.15) is 25.2 Å². The van der Waals surface area contributed by atoms with Crippen LogP contribution in [-0.4, -0.2) is 21.4 Å². The van der Waals surface area contributed by atoms with Crippen LogP contribution in [-0.2, 0) is 6.42 Å². The van der Waals surface area contributed by atoms with E-state index in [-0.39, 0.29) is 17.9 Å². The van der Waals surface area contributed by atoms with Crippen molar-refractivity contribution >= 4 is 16.7 Å². The fraction of sp³-hybridized carbons (Fsp3) is 0.385. The average Bonchev–Trinajstić information content (AvgIpc) is 2.79. The molecule has 0 aliphatic heterocycles. The monoisotopic (exact) mass is 280 g/mol. The highest BCUT2D eigenvalue weighted by Gasteiger charge is 2.10. The lowest BCUT2D eigenvalue weighted by molar-refractivity contribution is 0.627. The van der Waals surface area contributed by atoms with Crippen molar-refractivity contribution < 1.29 is 4.39 Å². The first kappa shape index (κ1) is 13.9. The smallest absolute Gasteiger partial charge is 0.202 e. The molecule has 0 bridgehead atoms. The van der Waals surface area contributed by atoms with Gasteiger partial charge in [0.15, 0.2) is 0 Å². The molecular formula is C13H17FN4S. The second-order valence-corrected chi connectivity index (χ2v) is 5.36. The van der Waals surface area contributed by atoms with Crippen molar-refractivity contribution in [3.8, 4) is 0 Å². The van der Waals surface area contributed by atoms with Gasteiger partial charge in [0, 0.05) is 30.0 Å². The molecule has 1 aromatic carbocycles. The molecule has 0 saturated heterocycles. The molecule has 102 valence electrons. The zero-order chi connectivity index (χ0) is 13.8. The average molecular weight is 280 g/mol. The molecule has 3 N–H and O–H groups in total. The van der Waals surface area contributed by atoms with Crippen LogP contribution in [0.5, 0.6) is 0 Å². The third kappa shape index (κ3) is 3.97. The molecule has 1 heterocycles. The first-order valence-corrected chi connectivity index (χ1v) is 6.91. The summed E-state index contributed by atoms with van der Waals surface area (Å²) in [6.07, 6.45) is 0.602. The number of anilines is 1. The Hall–Kier alpha value is -1.53. The lowest BCUT2D eigenvalue weighted by Gasteiger charge is -2.15. The van der Waals surface area contributed by atoms with Gasteiger partial charge in [-0.3, -0.25) is 0 Å². The van der Waals surface area contributed by atoms with Crippen LogP contribution in [0.15, 0.2) is 24.3 Å². The molecule has 0 aliphatic rings. The van der Waals surface area contributed by atoms with Gasteiger partial charge in [0.05, 0.1) is 0 Å². The van der Waals surface area contributed by atoms with Gasteiger partial charge >= 0.3 is 0 Å². The molecule has 2 aromatic rings. The molecular weight excluding hydrogens is 263 g/mol. The quantitative estimate of drug-likeness (QED) is 0.883. The van der Waals surface area contributed by atoms with E-state index in [1.807, 2.05) is 13.8 Å². The van der Waals surface area contributed by atoms with Crippen LogP contribution in [0.3, 0.4) is 0 Å². The van der Waals surface area contributed by atoms with Crippen LogP contribution in [0.2, 0.25) is 0 Å². The fourth-order valence-electron chi connectivity index (χ4n) is 1.50. The van der Waals surface area contributed by atoms with Crippen molar-refractivity contribution in [3.63, 3.8) is 0 Å². The van der Waals surface area contributed by atoms with Gasteiger partial charge in [-0.15, -0.1) is 0 Å². The van der Waals surface area contributed by atoms with Gasteiger partial charge in [0.25, 0.3) is 0 Å². The van der Waals surface area contributed by atoms with Gasteiger partial charge in [-0.25, -0.2) is 9.37 Å². The first-order chi connectivity index (χ1) is 9.04. The van der Waals surface area contributed by atoms with Gasteiger partial charge in [-0.2, -0.15) is 4.37 Å². The highest BCUT2D eigenvalue weighted by atomic mass is 32.1. The number of nitrogens with one attached hydrogen (secondary N) is 1. The van der Waals surface area contributed by atoms with Crippen LogP contribution >= 0.6 is 11.5 Å². The lowest BCUT2D eigenvalue weighted by Crippen LogP contribution is -2.35. The highest BCUT2D eigenvalue weighted by Crippen LogP contribution is 2.15. The molecule has 0 radical (unpaired) electrons. The highest BCUT2D eigenvalue weighted by molar-refractivity contribution is 7.09. The maximum absolute atomic E-state index is 12.8. The molecule has 0 aliphatic carbocycles. The summed E-state index contributed by atoms with van der Waals surface area (Å²) in [7, 11) is 0. The Morgan fingerprint density at radius 2 is 2.00 bits per heavy atom. The van der Waals surface area contributed by atoms with E-state index in [1.54, 1.807) is 12.1 Å². The Morgan fingerprint density at radius 3 is 2.63 bits per heavy atom. The molecule has 2 atom stereocenters. The number of halogens is 1. The lowest BCUT2D eigenvalue weighted by atomic mass is 10.1. The molecule has 2 rings (SSSR count). The molecule has 19 heavy (non-hydrogen) atoms. The number of nitrogens with zero attached hydrogens (tertiary/aromatic N) is 2. The van der Waals surface area contributed by atoms with E-state index >= 15 is 0 Å². The van der Waals surface area contributed by atoms with Crippen molar-refractivity contribution in [1.82, 2.24) is 9.36 Å². The summed E-state index contributed by atoms with van der Waals surface area (Å²) >= 11 is 1.32. The van der Waals surface area contributed by atoms with Gasteiger partial charge in [0.1, 0.15) is 11.6 Å². The van der Waals surface area contributed by atoms with Gasteiger partial charge < -0.3 is 11.1 Å². The second-order valence-electron chi connectivity index (χ2n) is 4.61. The van der Waals surface area contributed by atoms with E-state index in [1.165, 1.54) is 23.7 Å². The van der Waals surface area contributed by atoms with Crippen molar-refractivity contribution in [2.24, 2.45) is 5.73 Å². The summed E-state index contributed by atoms with van der Waals surface area (Å²) in [6.45, 7) is 3.95. The Morgan fingerprint density at radius 1 is 1.32 bits per heavy atom. The summed E-state index contributed by atoms with van der Waals surface area (Å²) < 4.78 is 17.1. The summed E-state index contributed by atoms with van der Waals surface area (Å²) in [6, 6.07) is 6.57. The number of hydrogen-bond donors (Lipinski definition) is 2. The minimum atomic E-state index is -0.233. The summed E-state index contributed by atoms with van der Waals surface area (Å²) in [5.41, 5.74) is 6.78. The first-order valence-electron chi connectivity index (χ1n) is 6.14. The topological polar surface area (TPSA) is 63.8 Å². The predicted octanol–water partition coefficient (Wildman–Crippen LogP) is 2.42. The van der Waals surface area contributed by atoms with Gasteiger partial charge in [0.2, 0.25) is 5.13 Å². The summed E-state index contributed by atoms with van der Waals surface area (Å²) in [5.74, 6) is 0.499. The van der Waals surface area contributed by atoms with Crippen molar-refractivity contribution in [3.05, 3.63) is 41.5 Å². The van der Waals surface area contributed by atoms with Gasteiger partial charge in [-0.05, 0) is 31.5 Å². The van der Waals surface area contributed by atoms with E-state index in [2.05, 4.69) is 14.7 Å². The number of rotatable bonds is 5. The Labute approximate surface area is 116 Å². The van der Waals surface area contributed by atoms with Gasteiger partial charge in [-0.1, -0.05) is 12.1 Å². The zero-order valence-electron chi connectivity index (χ0n) is 10.9. The maximum Gasteiger partial charge on any atom is 0.202 e. The Balaban J connectivity index is 1.99. The van der Waals surface area contributed by atoms with Crippen molar-refractivity contribution in [2.75, 3.05) is 5.32 Å². The minimum Gasteiger partial charge on any atom is -0.356 e. The molecule has 2 unspecified atom stereocenters. The molecule has 4 nitrogen and oxygen atoms in total. The third-order valence-corrected chi connectivity index (χ3v) is 3.57. The van der Waals surface area contributed by atoms with E-state index in [0.29, 0.717) is 6.42 Å². The molecule has 0 saturated carbocycles. The standard InChI is InChI=1S/C13H17FN4S/c1-8(15)9(2)16-13-17-12(18-19-13)7-10-3-5-11(14)6-4-10/h3-6,8-9H,7,15H2,1-2H3,(H,16,17,18). The molecule has 0 spiro atoms. The third-order valence-electron chi connectivity index (χ3n) is 2.88. The molecule has 1 aromatic heterocycles. The van der Waals surface area contributed by atoms with Crippen LogP contribution in [0, 0.1) is 5.82 Å². The van der Waals surface area contributed by atoms with E-state index < -0.39 is 0 Å². The Kier molecular flexibility index (Phi) is 4.44. The van der Waals surface area contributed by atoms with E-state index in [9.17, 15) is 4.39 Å². The normalized spacial score (nSPS) is 14.1. The summed E-state index contributed by atoms with van der Waals surface area (Å²) in [4.78, 5) is 4.40. The molecule has 0 amide bonds. The molecule has 0 fully saturated rings. The minimum absolute atomic E-state index is 0.0458. The Bertz CT molecular complexity index is 524. The SMILES string of the molecule is CC(N)C(C)Nc1nc(Cc2ccc(F)cc2)ns1. The number of aromatic nitrogens is 2. The van der Waals surface area contributed by atoms with E-state index in [0.717, 1.165) is 16.5 Å². The number of hydrogen-bond acceptors (Lipinski definition) is 5. The fourth-order valence-corrected chi connectivity index (χ4v) is 2.18. The van der Waals surface area contributed by atoms with Crippen LogP contribution < -0.4 is 11.1 Å².